The molecule has 0 aliphatic heterocycles. The Bertz CT molecular complexity index is 1520. The van der Waals surface area contributed by atoms with Gasteiger partial charge in [0.05, 0.1) is 44.6 Å². The first-order valence-electron chi connectivity index (χ1n) is 13.1. The van der Waals surface area contributed by atoms with E-state index < -0.39 is 47.2 Å². The summed E-state index contributed by atoms with van der Waals surface area (Å²) in [6.45, 7) is 0. The van der Waals surface area contributed by atoms with Gasteiger partial charge in [-0.1, -0.05) is 18.2 Å². The van der Waals surface area contributed by atoms with Crippen molar-refractivity contribution < 1.29 is 41.8 Å². The van der Waals surface area contributed by atoms with Crippen molar-refractivity contribution in [2.45, 2.75) is 31.0 Å². The van der Waals surface area contributed by atoms with Gasteiger partial charge in [-0.3, -0.25) is 9.59 Å². The lowest BCUT2D eigenvalue weighted by Gasteiger charge is -2.33. The molecule has 1 atom stereocenters. The SMILES string of the molecule is COc1cc(C2CC(=O)C(C(NC(=O)Nc3cccc(C(F)(F)F)c3)c3ccc(C#N)cc3)C(=O)C2)cc(OC)c1OC. The van der Waals surface area contributed by atoms with Crippen molar-refractivity contribution in [1.29, 1.82) is 5.26 Å². The average Bonchev–Trinajstić information content (AvgIpc) is 2.99. The van der Waals surface area contributed by atoms with Crippen LogP contribution in [0.3, 0.4) is 0 Å². The van der Waals surface area contributed by atoms with E-state index in [4.69, 9.17) is 14.2 Å². The maximum atomic E-state index is 13.6. The van der Waals surface area contributed by atoms with Crippen molar-refractivity contribution in [2.75, 3.05) is 26.6 Å². The molecule has 12 heteroatoms. The van der Waals surface area contributed by atoms with Crippen LogP contribution < -0.4 is 24.8 Å². The molecular weight excluding hydrogens is 567 g/mol. The molecule has 2 amide bonds. The van der Waals surface area contributed by atoms with Gasteiger partial charge in [0, 0.05) is 18.5 Å². The second-order valence-electron chi connectivity index (χ2n) is 9.86. The van der Waals surface area contributed by atoms with Crippen LogP contribution in [0.1, 0.15) is 47.1 Å². The fraction of sp³-hybridized carbons (Fsp3) is 0.290. The van der Waals surface area contributed by atoms with E-state index in [0.717, 1.165) is 18.2 Å². The number of hydrogen-bond donors (Lipinski definition) is 2. The van der Waals surface area contributed by atoms with Gasteiger partial charge in [-0.2, -0.15) is 18.4 Å². The highest BCUT2D eigenvalue weighted by Gasteiger charge is 2.42. The van der Waals surface area contributed by atoms with Crippen molar-refractivity contribution in [3.8, 4) is 23.3 Å². The number of hydrogen-bond acceptors (Lipinski definition) is 7. The molecule has 1 aliphatic carbocycles. The summed E-state index contributed by atoms with van der Waals surface area (Å²) in [7, 11) is 4.36. The number of nitrogens with one attached hydrogen (secondary N) is 2. The van der Waals surface area contributed by atoms with Crippen LogP contribution in [0.15, 0.2) is 60.7 Å². The van der Waals surface area contributed by atoms with Gasteiger partial charge in [0.1, 0.15) is 17.5 Å². The van der Waals surface area contributed by atoms with Crippen molar-refractivity contribution in [3.63, 3.8) is 0 Å². The van der Waals surface area contributed by atoms with Crippen molar-refractivity contribution in [3.05, 3.63) is 82.9 Å². The van der Waals surface area contributed by atoms with Crippen LogP contribution in [0.2, 0.25) is 0 Å². The Labute approximate surface area is 245 Å². The molecule has 1 fully saturated rings. The lowest BCUT2D eigenvalue weighted by molar-refractivity contribution is -0.138. The van der Waals surface area contributed by atoms with Gasteiger partial charge in [0.15, 0.2) is 11.5 Å². The highest BCUT2D eigenvalue weighted by molar-refractivity contribution is 6.06. The number of amides is 2. The quantitative estimate of drug-likeness (QED) is 0.315. The summed E-state index contributed by atoms with van der Waals surface area (Å²) < 4.78 is 55.6. The Morgan fingerprint density at radius 2 is 1.53 bits per heavy atom. The zero-order chi connectivity index (χ0) is 31.3. The van der Waals surface area contributed by atoms with Crippen LogP contribution in [0.4, 0.5) is 23.7 Å². The highest BCUT2D eigenvalue weighted by Crippen LogP contribution is 2.44. The Kier molecular flexibility index (Phi) is 9.24. The number of ketones is 2. The summed E-state index contributed by atoms with van der Waals surface area (Å²) >= 11 is 0. The Balaban J connectivity index is 1.62. The predicted molar refractivity (Wildman–Crippen MR) is 149 cm³/mol. The van der Waals surface area contributed by atoms with Gasteiger partial charge in [0.25, 0.3) is 0 Å². The number of Topliss-reactive ketones (excluding diaryl/α,β-unsaturated/α-hetero) is 2. The molecule has 0 heterocycles. The minimum atomic E-state index is -4.62. The predicted octanol–water partition coefficient (Wildman–Crippen LogP) is 5.80. The van der Waals surface area contributed by atoms with Gasteiger partial charge in [-0.05, 0) is 59.5 Å². The highest BCUT2D eigenvalue weighted by atomic mass is 19.4. The van der Waals surface area contributed by atoms with Crippen LogP contribution in [0.5, 0.6) is 17.2 Å². The van der Waals surface area contributed by atoms with Gasteiger partial charge in [0.2, 0.25) is 5.75 Å². The number of alkyl halides is 3. The van der Waals surface area contributed by atoms with Crippen molar-refractivity contribution in [2.24, 2.45) is 5.92 Å². The van der Waals surface area contributed by atoms with E-state index >= 15 is 0 Å². The minimum absolute atomic E-state index is 0.0429. The van der Waals surface area contributed by atoms with Gasteiger partial charge < -0.3 is 24.8 Å². The molecule has 4 rings (SSSR count). The van der Waals surface area contributed by atoms with Gasteiger partial charge in [-0.15, -0.1) is 0 Å². The van der Waals surface area contributed by atoms with E-state index in [2.05, 4.69) is 10.6 Å². The summed E-state index contributed by atoms with van der Waals surface area (Å²) in [5, 5.41) is 14.1. The molecule has 1 saturated carbocycles. The first-order valence-corrected chi connectivity index (χ1v) is 13.1. The van der Waals surface area contributed by atoms with Crippen LogP contribution >= 0.6 is 0 Å². The molecule has 3 aromatic carbocycles. The smallest absolute Gasteiger partial charge is 0.416 e. The number of ether oxygens (including phenoxy) is 3. The minimum Gasteiger partial charge on any atom is -0.493 e. The van der Waals surface area contributed by atoms with E-state index in [1.807, 2.05) is 6.07 Å². The fourth-order valence-electron chi connectivity index (χ4n) is 5.14. The summed E-state index contributed by atoms with van der Waals surface area (Å²) in [5.41, 5.74) is 0.231. The Morgan fingerprint density at radius 1 is 0.930 bits per heavy atom. The average molecular weight is 596 g/mol. The number of rotatable bonds is 8. The summed E-state index contributed by atoms with van der Waals surface area (Å²) in [4.78, 5) is 40.2. The van der Waals surface area contributed by atoms with Gasteiger partial charge >= 0.3 is 12.2 Å². The maximum Gasteiger partial charge on any atom is 0.416 e. The summed E-state index contributed by atoms with van der Waals surface area (Å²) in [6, 6.07) is 13.3. The largest absolute Gasteiger partial charge is 0.493 e. The molecule has 3 aromatic rings. The number of urea groups is 1. The fourth-order valence-corrected chi connectivity index (χ4v) is 5.14. The first kappa shape index (κ1) is 30.9. The van der Waals surface area contributed by atoms with E-state index in [1.54, 1.807) is 12.1 Å². The summed E-state index contributed by atoms with van der Waals surface area (Å²) in [6.07, 6.45) is -4.70. The Morgan fingerprint density at radius 3 is 2.05 bits per heavy atom. The van der Waals surface area contributed by atoms with Crippen LogP contribution in [-0.2, 0) is 15.8 Å². The molecule has 1 aliphatic rings. The Hall–Kier alpha value is -5.05. The molecule has 0 radical (unpaired) electrons. The number of nitriles is 1. The first-order chi connectivity index (χ1) is 20.5. The second kappa shape index (κ2) is 12.9. The monoisotopic (exact) mass is 595 g/mol. The maximum absolute atomic E-state index is 13.6. The second-order valence-corrected chi connectivity index (χ2v) is 9.86. The topological polar surface area (TPSA) is 127 Å². The normalized spacial score (nSPS) is 17.4. The van der Waals surface area contributed by atoms with Crippen LogP contribution in [0, 0.1) is 17.2 Å². The zero-order valence-electron chi connectivity index (χ0n) is 23.5. The summed E-state index contributed by atoms with van der Waals surface area (Å²) in [5.74, 6) is -1.59. The zero-order valence-corrected chi connectivity index (χ0v) is 23.5. The molecule has 0 aromatic heterocycles. The van der Waals surface area contributed by atoms with E-state index in [9.17, 15) is 32.8 Å². The van der Waals surface area contributed by atoms with Crippen molar-refractivity contribution in [1.82, 2.24) is 5.32 Å². The molecule has 0 bridgehead atoms. The van der Waals surface area contributed by atoms with Crippen LogP contribution in [-0.4, -0.2) is 38.9 Å². The van der Waals surface area contributed by atoms with Gasteiger partial charge in [-0.25, -0.2) is 4.79 Å². The molecular formula is C31H28F3N3O6. The molecule has 43 heavy (non-hydrogen) atoms. The lowest BCUT2D eigenvalue weighted by Crippen LogP contribution is -2.45. The van der Waals surface area contributed by atoms with E-state index in [0.29, 0.717) is 33.9 Å². The number of carbonyl (C=O) groups excluding carboxylic acids is 3. The lowest BCUT2D eigenvalue weighted by atomic mass is 9.72. The van der Waals surface area contributed by atoms with Crippen molar-refractivity contribution >= 4 is 23.3 Å². The van der Waals surface area contributed by atoms with E-state index in [-0.39, 0.29) is 18.5 Å². The standard InChI is InChI=1S/C31H28F3N3O6/c1-41-25-13-20(14-26(42-2)29(25)43-3)19-11-23(38)27(24(39)12-19)28(18-9-7-17(16-35)8-10-18)37-30(40)36-22-6-4-5-21(15-22)31(32,33)34/h4-10,13-15,19,27-28H,11-12H2,1-3H3,(H2,36,37,40). The third kappa shape index (κ3) is 6.89. The number of halogens is 3. The number of nitrogens with zero attached hydrogens (tertiary/aromatic N) is 1. The molecule has 224 valence electrons. The number of carbonyl (C=O) groups is 3. The third-order valence-corrected chi connectivity index (χ3v) is 7.21. The number of anilines is 1. The van der Waals surface area contributed by atoms with E-state index in [1.165, 1.54) is 51.7 Å². The number of methoxy groups -OCH3 is 3. The number of benzene rings is 3. The third-order valence-electron chi connectivity index (χ3n) is 7.21. The molecule has 0 spiro atoms. The van der Waals surface area contributed by atoms with Crippen LogP contribution in [0.25, 0.3) is 0 Å². The molecule has 1 unspecified atom stereocenters. The molecule has 9 nitrogen and oxygen atoms in total. The molecule has 0 saturated heterocycles. The molecule has 2 N–H and O–H groups in total.